The topological polar surface area (TPSA) is 67.6 Å². The number of furan rings is 1. The van der Waals surface area contributed by atoms with Crippen LogP contribution in [0.15, 0.2) is 199 Å². The minimum absolute atomic E-state index is 0.431. The van der Waals surface area contributed by atoms with Gasteiger partial charge in [0.15, 0.2) is 5.82 Å². The van der Waals surface area contributed by atoms with Crippen LogP contribution in [0.3, 0.4) is 0 Å². The van der Waals surface area contributed by atoms with Crippen LogP contribution in [0.2, 0.25) is 0 Å². The molecule has 58 heavy (non-hydrogen) atoms. The van der Waals surface area contributed by atoms with Crippen LogP contribution in [0.25, 0.3) is 106 Å². The van der Waals surface area contributed by atoms with Crippen molar-refractivity contribution in [3.63, 3.8) is 0 Å². The molecule has 0 spiro atoms. The first-order valence-corrected chi connectivity index (χ1v) is 19.3. The summed E-state index contributed by atoms with van der Waals surface area (Å²) in [6, 6.07) is 69.0. The molecule has 0 fully saturated rings. The van der Waals surface area contributed by atoms with Gasteiger partial charge < -0.3 is 8.98 Å². The highest BCUT2D eigenvalue weighted by atomic mass is 16.3. The number of nitriles is 1. The summed E-state index contributed by atoms with van der Waals surface area (Å²) in [4.78, 5) is 10.6. The van der Waals surface area contributed by atoms with E-state index in [2.05, 4.69) is 132 Å². The molecule has 0 unspecified atom stereocenters. The summed E-state index contributed by atoms with van der Waals surface area (Å²) in [6.07, 6.45) is 0. The predicted molar refractivity (Wildman–Crippen MR) is 236 cm³/mol. The number of para-hydroxylation sites is 2. The second-order valence-electron chi connectivity index (χ2n) is 14.4. The van der Waals surface area contributed by atoms with Crippen molar-refractivity contribution < 1.29 is 4.42 Å². The van der Waals surface area contributed by atoms with Gasteiger partial charge in [0.25, 0.3) is 0 Å². The quantitative estimate of drug-likeness (QED) is 0.170. The van der Waals surface area contributed by atoms with Crippen molar-refractivity contribution >= 4 is 43.7 Å². The van der Waals surface area contributed by atoms with Crippen LogP contribution >= 0.6 is 0 Å². The van der Waals surface area contributed by atoms with Gasteiger partial charge in [0, 0.05) is 49.9 Å². The zero-order valence-electron chi connectivity index (χ0n) is 31.2. The third kappa shape index (κ3) is 5.39. The van der Waals surface area contributed by atoms with Gasteiger partial charge in [-0.3, -0.25) is 0 Å². The Bertz CT molecular complexity index is 3320. The smallest absolute Gasteiger partial charge is 0.162 e. The summed E-state index contributed by atoms with van der Waals surface area (Å²) in [5, 5.41) is 15.1. The van der Waals surface area contributed by atoms with E-state index in [4.69, 9.17) is 14.4 Å². The third-order valence-corrected chi connectivity index (χ3v) is 11.1. The van der Waals surface area contributed by atoms with Crippen LogP contribution in [0.4, 0.5) is 0 Å². The fourth-order valence-electron chi connectivity index (χ4n) is 8.38. The molecule has 3 aromatic heterocycles. The molecule has 0 aliphatic rings. The van der Waals surface area contributed by atoms with Crippen LogP contribution in [0.5, 0.6) is 0 Å². The van der Waals surface area contributed by atoms with Gasteiger partial charge in [-0.15, -0.1) is 0 Å². The first-order valence-electron chi connectivity index (χ1n) is 19.3. The van der Waals surface area contributed by atoms with Crippen LogP contribution in [-0.2, 0) is 0 Å². The van der Waals surface area contributed by atoms with E-state index in [1.54, 1.807) is 0 Å². The Morgan fingerprint density at radius 2 is 1.02 bits per heavy atom. The maximum absolute atomic E-state index is 10.7. The van der Waals surface area contributed by atoms with Gasteiger partial charge in [0.2, 0.25) is 0 Å². The van der Waals surface area contributed by atoms with E-state index in [0.29, 0.717) is 22.8 Å². The Labute approximate surface area is 334 Å². The van der Waals surface area contributed by atoms with E-state index in [1.165, 1.54) is 0 Å². The monoisotopic (exact) mass is 740 g/mol. The summed E-state index contributed by atoms with van der Waals surface area (Å²) in [5.74, 6) is 0.521. The molecule has 11 rings (SSSR count). The van der Waals surface area contributed by atoms with Crippen LogP contribution in [0, 0.1) is 11.3 Å². The Hall–Kier alpha value is -8.07. The fourth-order valence-corrected chi connectivity index (χ4v) is 8.38. The summed E-state index contributed by atoms with van der Waals surface area (Å²) in [5.41, 5.74) is 13.1. The van der Waals surface area contributed by atoms with E-state index in [9.17, 15) is 5.26 Å². The molecule has 11 aromatic rings. The van der Waals surface area contributed by atoms with Gasteiger partial charge in [0.1, 0.15) is 22.8 Å². The molecular formula is C53H32N4O. The maximum atomic E-state index is 10.7. The van der Waals surface area contributed by atoms with Crippen molar-refractivity contribution in [2.75, 3.05) is 0 Å². The number of aromatic nitrogens is 3. The molecule has 0 N–H and O–H groups in total. The molecule has 0 amide bonds. The Morgan fingerprint density at radius 1 is 0.431 bits per heavy atom. The van der Waals surface area contributed by atoms with Gasteiger partial charge in [-0.05, 0) is 41.0 Å². The third-order valence-electron chi connectivity index (χ3n) is 11.1. The normalized spacial score (nSPS) is 11.4. The lowest BCUT2D eigenvalue weighted by Gasteiger charge is -2.17. The molecule has 5 nitrogen and oxygen atoms in total. The first kappa shape index (κ1) is 33.3. The molecule has 0 saturated carbocycles. The lowest BCUT2D eigenvalue weighted by molar-refractivity contribution is 0.670. The van der Waals surface area contributed by atoms with Gasteiger partial charge in [-0.25, -0.2) is 9.97 Å². The zero-order valence-corrected chi connectivity index (χ0v) is 31.2. The molecule has 270 valence electrons. The van der Waals surface area contributed by atoms with Gasteiger partial charge in [-0.2, -0.15) is 5.26 Å². The van der Waals surface area contributed by atoms with Gasteiger partial charge in [0.05, 0.1) is 28.1 Å². The molecule has 5 heteroatoms. The second kappa shape index (κ2) is 13.6. The molecule has 0 atom stereocenters. The summed E-state index contributed by atoms with van der Waals surface area (Å²) < 4.78 is 9.12. The molecule has 3 heterocycles. The zero-order chi connectivity index (χ0) is 38.6. The number of benzene rings is 8. The minimum atomic E-state index is 0.431. The van der Waals surface area contributed by atoms with Gasteiger partial charge in [-0.1, -0.05) is 164 Å². The lowest BCUT2D eigenvalue weighted by Crippen LogP contribution is -2.04. The lowest BCUT2D eigenvalue weighted by atomic mass is 9.98. The van der Waals surface area contributed by atoms with Gasteiger partial charge >= 0.3 is 0 Å². The number of fused-ring (bicyclic) bond motifs is 6. The van der Waals surface area contributed by atoms with Crippen LogP contribution in [-0.4, -0.2) is 14.5 Å². The fraction of sp³-hybridized carbons (Fsp3) is 0. The van der Waals surface area contributed by atoms with Crippen molar-refractivity contribution in [1.82, 2.24) is 14.5 Å². The van der Waals surface area contributed by atoms with Crippen LogP contribution in [0.1, 0.15) is 5.56 Å². The molecule has 0 aliphatic heterocycles. The van der Waals surface area contributed by atoms with E-state index in [1.807, 2.05) is 72.8 Å². The van der Waals surface area contributed by atoms with Crippen LogP contribution < -0.4 is 0 Å². The molecule has 0 bridgehead atoms. The minimum Gasteiger partial charge on any atom is -0.455 e. The van der Waals surface area contributed by atoms with E-state index in [-0.39, 0.29) is 0 Å². The number of hydrogen-bond acceptors (Lipinski definition) is 4. The maximum Gasteiger partial charge on any atom is 0.162 e. The molecule has 8 aromatic carbocycles. The Balaban J connectivity index is 1.23. The van der Waals surface area contributed by atoms with Crippen molar-refractivity contribution in [3.8, 4) is 67.9 Å². The summed E-state index contributed by atoms with van der Waals surface area (Å²) >= 11 is 0. The molecule has 0 saturated heterocycles. The Kier molecular flexibility index (Phi) is 7.80. The second-order valence-corrected chi connectivity index (χ2v) is 14.4. The van der Waals surface area contributed by atoms with Crippen molar-refractivity contribution in [1.29, 1.82) is 5.26 Å². The van der Waals surface area contributed by atoms with Crippen molar-refractivity contribution in [2.24, 2.45) is 0 Å². The average Bonchev–Trinajstić information content (AvgIpc) is 3.83. The summed E-state index contributed by atoms with van der Waals surface area (Å²) in [7, 11) is 0. The Morgan fingerprint density at radius 3 is 1.67 bits per heavy atom. The highest BCUT2D eigenvalue weighted by molar-refractivity contribution is 6.19. The number of rotatable bonds is 6. The van der Waals surface area contributed by atoms with Crippen molar-refractivity contribution in [3.05, 3.63) is 200 Å². The highest BCUT2D eigenvalue weighted by Crippen LogP contribution is 2.43. The van der Waals surface area contributed by atoms with E-state index < -0.39 is 0 Å². The molecular weight excluding hydrogens is 709 g/mol. The molecule has 0 aliphatic carbocycles. The van der Waals surface area contributed by atoms with E-state index >= 15 is 0 Å². The standard InChI is InChI=1S/C53H32N4O/c54-33-45-50(36-20-9-3-10-21-36)55-53(56-51(45)37-22-11-4-12-23-37)44-30-38(34-16-5-1-6-17-34)28-29-47(44)57-46-27-14-13-24-40(46)42-31-43-41-26-15-25-39(35-18-7-2-8-19-35)52(41)58-49(43)32-48(42)57/h1-32H. The molecule has 0 radical (unpaired) electrons. The van der Waals surface area contributed by atoms with E-state index in [0.717, 1.165) is 88.4 Å². The number of hydrogen-bond donors (Lipinski definition) is 0. The number of nitrogens with zero attached hydrogens (tertiary/aromatic N) is 4. The van der Waals surface area contributed by atoms with Crippen molar-refractivity contribution in [2.45, 2.75) is 0 Å². The highest BCUT2D eigenvalue weighted by Gasteiger charge is 2.24. The first-order chi connectivity index (χ1) is 28.7. The largest absolute Gasteiger partial charge is 0.455 e. The SMILES string of the molecule is N#Cc1c(-c2ccccc2)nc(-c2cc(-c3ccccc3)ccc2-n2c3ccccc3c3cc4c(cc32)oc2c(-c3ccccc3)cccc24)nc1-c1ccccc1. The average molecular weight is 741 g/mol. The summed E-state index contributed by atoms with van der Waals surface area (Å²) in [6.45, 7) is 0. The predicted octanol–water partition coefficient (Wildman–Crippen LogP) is 13.7.